The molecular weight excluding hydrogens is 160 g/mol. The van der Waals surface area contributed by atoms with Crippen molar-refractivity contribution in [3.63, 3.8) is 0 Å². The standard InChI is InChI=1S/C11H20N2/c1-2-4-11(5-3-1)6-8-13-9-7-12-10-13/h10-11H,1-9H2. The third-order valence-electron chi connectivity index (χ3n) is 3.31. The van der Waals surface area contributed by atoms with Crippen LogP contribution in [0.1, 0.15) is 38.5 Å². The molecule has 1 heterocycles. The number of nitrogens with zero attached hydrogens (tertiary/aromatic N) is 2. The van der Waals surface area contributed by atoms with Crippen LogP contribution in [-0.4, -0.2) is 30.9 Å². The van der Waals surface area contributed by atoms with Crippen LogP contribution < -0.4 is 0 Å². The minimum Gasteiger partial charge on any atom is -0.361 e. The number of hydrogen-bond acceptors (Lipinski definition) is 2. The van der Waals surface area contributed by atoms with Crippen molar-refractivity contribution in [3.05, 3.63) is 0 Å². The third kappa shape index (κ3) is 2.71. The molecule has 1 aliphatic heterocycles. The van der Waals surface area contributed by atoms with E-state index in [1.54, 1.807) is 0 Å². The normalized spacial score (nSPS) is 24.2. The van der Waals surface area contributed by atoms with Crippen molar-refractivity contribution in [3.8, 4) is 0 Å². The van der Waals surface area contributed by atoms with Crippen LogP contribution in [-0.2, 0) is 0 Å². The van der Waals surface area contributed by atoms with Gasteiger partial charge in [-0.25, -0.2) is 0 Å². The molecule has 0 unspecified atom stereocenters. The Labute approximate surface area is 81.0 Å². The number of hydrogen-bond donors (Lipinski definition) is 0. The van der Waals surface area contributed by atoms with Gasteiger partial charge in [0.15, 0.2) is 0 Å². The summed E-state index contributed by atoms with van der Waals surface area (Å²) in [6, 6.07) is 0. The van der Waals surface area contributed by atoms with Gasteiger partial charge in [0.2, 0.25) is 0 Å². The van der Waals surface area contributed by atoms with E-state index in [1.165, 1.54) is 45.1 Å². The second-order valence-electron chi connectivity index (χ2n) is 4.35. The zero-order chi connectivity index (χ0) is 8.93. The van der Waals surface area contributed by atoms with E-state index in [0.29, 0.717) is 0 Å². The summed E-state index contributed by atoms with van der Waals surface area (Å²) in [5, 5.41) is 0. The highest BCUT2D eigenvalue weighted by Crippen LogP contribution is 2.26. The van der Waals surface area contributed by atoms with Crippen molar-refractivity contribution in [1.29, 1.82) is 0 Å². The Morgan fingerprint density at radius 2 is 2.08 bits per heavy atom. The molecule has 0 aromatic carbocycles. The summed E-state index contributed by atoms with van der Waals surface area (Å²) in [6.45, 7) is 3.42. The molecule has 0 atom stereocenters. The number of aliphatic imine (C=N–C) groups is 1. The summed E-state index contributed by atoms with van der Waals surface area (Å²) >= 11 is 0. The smallest absolute Gasteiger partial charge is 0.0851 e. The van der Waals surface area contributed by atoms with Crippen LogP contribution in [0, 0.1) is 5.92 Å². The first-order valence-corrected chi connectivity index (χ1v) is 5.69. The maximum absolute atomic E-state index is 4.23. The van der Waals surface area contributed by atoms with Gasteiger partial charge in [-0.1, -0.05) is 32.1 Å². The molecule has 0 radical (unpaired) electrons. The minimum absolute atomic E-state index is 1.02. The van der Waals surface area contributed by atoms with Gasteiger partial charge in [0.05, 0.1) is 12.9 Å². The Kier molecular flexibility index (Phi) is 3.22. The van der Waals surface area contributed by atoms with Gasteiger partial charge in [-0.05, 0) is 12.3 Å². The van der Waals surface area contributed by atoms with Crippen molar-refractivity contribution >= 4 is 6.34 Å². The molecule has 2 heteroatoms. The largest absolute Gasteiger partial charge is 0.361 e. The van der Waals surface area contributed by atoms with Gasteiger partial charge >= 0.3 is 0 Å². The highest BCUT2D eigenvalue weighted by Gasteiger charge is 2.14. The fraction of sp³-hybridized carbons (Fsp3) is 0.909. The van der Waals surface area contributed by atoms with E-state index in [9.17, 15) is 0 Å². The molecule has 1 aliphatic carbocycles. The molecule has 0 amide bonds. The summed E-state index contributed by atoms with van der Waals surface area (Å²) in [5.41, 5.74) is 0. The first kappa shape index (κ1) is 9.04. The lowest BCUT2D eigenvalue weighted by molar-refractivity contribution is 0.307. The molecule has 0 bridgehead atoms. The SMILES string of the molecule is C1=NCCN1CCC1CCCCC1. The lowest BCUT2D eigenvalue weighted by atomic mass is 9.87. The first-order valence-electron chi connectivity index (χ1n) is 5.69. The topological polar surface area (TPSA) is 15.6 Å². The lowest BCUT2D eigenvalue weighted by Gasteiger charge is -2.23. The Morgan fingerprint density at radius 3 is 2.77 bits per heavy atom. The predicted molar refractivity (Wildman–Crippen MR) is 56.1 cm³/mol. The Hall–Kier alpha value is -0.530. The van der Waals surface area contributed by atoms with Crippen LogP contribution in [0.15, 0.2) is 4.99 Å². The Balaban J connectivity index is 1.63. The zero-order valence-corrected chi connectivity index (χ0v) is 8.41. The van der Waals surface area contributed by atoms with E-state index < -0.39 is 0 Å². The van der Waals surface area contributed by atoms with Crippen LogP contribution in [0.4, 0.5) is 0 Å². The molecule has 0 spiro atoms. The van der Waals surface area contributed by atoms with Gasteiger partial charge in [-0.3, -0.25) is 4.99 Å². The zero-order valence-electron chi connectivity index (χ0n) is 8.41. The summed E-state index contributed by atoms with van der Waals surface area (Å²) in [4.78, 5) is 6.60. The van der Waals surface area contributed by atoms with Gasteiger partial charge in [-0.15, -0.1) is 0 Å². The molecule has 0 aromatic heterocycles. The molecule has 13 heavy (non-hydrogen) atoms. The maximum atomic E-state index is 4.23. The molecule has 1 saturated carbocycles. The lowest BCUT2D eigenvalue weighted by Crippen LogP contribution is -2.23. The van der Waals surface area contributed by atoms with Gasteiger partial charge in [-0.2, -0.15) is 0 Å². The molecule has 2 aliphatic rings. The average molecular weight is 180 g/mol. The predicted octanol–water partition coefficient (Wildman–Crippen LogP) is 2.30. The average Bonchev–Trinajstić information content (AvgIpc) is 2.69. The summed E-state index contributed by atoms with van der Waals surface area (Å²) in [5.74, 6) is 1.02. The molecule has 2 nitrogen and oxygen atoms in total. The quantitative estimate of drug-likeness (QED) is 0.650. The molecule has 0 N–H and O–H groups in total. The van der Waals surface area contributed by atoms with E-state index >= 15 is 0 Å². The first-order chi connectivity index (χ1) is 6.45. The van der Waals surface area contributed by atoms with Crippen LogP contribution >= 0.6 is 0 Å². The van der Waals surface area contributed by atoms with Gasteiger partial charge in [0.25, 0.3) is 0 Å². The monoisotopic (exact) mass is 180 g/mol. The molecule has 0 saturated heterocycles. The highest BCUT2D eigenvalue weighted by atomic mass is 15.2. The van der Waals surface area contributed by atoms with E-state index in [2.05, 4.69) is 9.89 Å². The van der Waals surface area contributed by atoms with Crippen LogP contribution in [0.3, 0.4) is 0 Å². The number of rotatable bonds is 3. The molecule has 1 fully saturated rings. The van der Waals surface area contributed by atoms with Crippen LogP contribution in [0.5, 0.6) is 0 Å². The summed E-state index contributed by atoms with van der Waals surface area (Å²) in [6.07, 6.45) is 10.8. The second-order valence-corrected chi connectivity index (χ2v) is 4.35. The fourth-order valence-electron chi connectivity index (χ4n) is 2.41. The summed E-state index contributed by atoms with van der Waals surface area (Å²) in [7, 11) is 0. The maximum Gasteiger partial charge on any atom is 0.0851 e. The fourth-order valence-corrected chi connectivity index (χ4v) is 2.41. The second kappa shape index (κ2) is 4.64. The van der Waals surface area contributed by atoms with E-state index in [-0.39, 0.29) is 0 Å². The van der Waals surface area contributed by atoms with Crippen molar-refractivity contribution < 1.29 is 0 Å². The third-order valence-corrected chi connectivity index (χ3v) is 3.31. The molecule has 2 rings (SSSR count). The molecule has 0 aromatic rings. The minimum atomic E-state index is 1.02. The van der Waals surface area contributed by atoms with Crippen molar-refractivity contribution in [1.82, 2.24) is 4.90 Å². The van der Waals surface area contributed by atoms with Gasteiger partial charge in [0.1, 0.15) is 0 Å². The van der Waals surface area contributed by atoms with Crippen LogP contribution in [0.25, 0.3) is 0 Å². The van der Waals surface area contributed by atoms with Crippen LogP contribution in [0.2, 0.25) is 0 Å². The van der Waals surface area contributed by atoms with Gasteiger partial charge in [0, 0.05) is 13.1 Å². The molecule has 74 valence electrons. The van der Waals surface area contributed by atoms with Gasteiger partial charge < -0.3 is 4.90 Å². The van der Waals surface area contributed by atoms with E-state index in [4.69, 9.17) is 0 Å². The van der Waals surface area contributed by atoms with Crippen molar-refractivity contribution in [2.75, 3.05) is 19.6 Å². The molecular formula is C11H20N2. The van der Waals surface area contributed by atoms with Crippen molar-refractivity contribution in [2.24, 2.45) is 10.9 Å². The Bertz CT molecular complexity index is 171. The Morgan fingerprint density at radius 1 is 1.23 bits per heavy atom. The van der Waals surface area contributed by atoms with E-state index in [1.807, 2.05) is 6.34 Å². The highest BCUT2D eigenvalue weighted by molar-refractivity contribution is 5.56. The van der Waals surface area contributed by atoms with Crippen molar-refractivity contribution in [2.45, 2.75) is 38.5 Å². The summed E-state index contributed by atoms with van der Waals surface area (Å²) < 4.78 is 0. The van der Waals surface area contributed by atoms with E-state index in [0.717, 1.165) is 19.0 Å².